The molecule has 0 saturated heterocycles. The van der Waals surface area contributed by atoms with Crippen LogP contribution in [-0.2, 0) is 20.3 Å². The van der Waals surface area contributed by atoms with Crippen molar-refractivity contribution in [2.75, 3.05) is 0 Å². The molecule has 0 rings (SSSR count). The predicted molar refractivity (Wildman–Crippen MR) is 93.2 cm³/mol. The van der Waals surface area contributed by atoms with Crippen LogP contribution in [0.1, 0.15) is 41.5 Å². The Morgan fingerprint density at radius 1 is 0.619 bits per heavy atom. The second kappa shape index (κ2) is 6.54. The summed E-state index contributed by atoms with van der Waals surface area (Å²) in [6, 6.07) is 0. The van der Waals surface area contributed by atoms with Crippen LogP contribution in [0, 0.1) is 0 Å². The fourth-order valence-corrected chi connectivity index (χ4v) is 12.5. The van der Waals surface area contributed by atoms with Gasteiger partial charge in [0.25, 0.3) is 0 Å². The van der Waals surface area contributed by atoms with Gasteiger partial charge in [0.05, 0.1) is 0 Å². The second-order valence-corrected chi connectivity index (χ2v) is 21.7. The average molecular weight is 373 g/mol. The minimum absolute atomic E-state index is 0.214. The summed E-state index contributed by atoms with van der Waals surface area (Å²) in [5.41, 5.74) is -0.428. The molecule has 0 fully saturated rings. The zero-order valence-corrected chi connectivity index (χ0v) is 19.4. The third-order valence-corrected chi connectivity index (χ3v) is 12.1. The van der Waals surface area contributed by atoms with E-state index in [0.29, 0.717) is 0 Å². The summed E-state index contributed by atoms with van der Waals surface area (Å²) in [6.45, 7) is 25.7. The van der Waals surface area contributed by atoms with Gasteiger partial charge < -0.3 is 0 Å². The summed E-state index contributed by atoms with van der Waals surface area (Å²) in [5, 5.41) is 0. The first kappa shape index (κ1) is 21.5. The van der Waals surface area contributed by atoms with Crippen molar-refractivity contribution in [3.05, 3.63) is 0 Å². The van der Waals surface area contributed by atoms with E-state index in [-0.39, 0.29) is 11.1 Å². The Labute approximate surface area is 136 Å². The first-order chi connectivity index (χ1) is 8.83. The molecule has 0 aliphatic rings. The van der Waals surface area contributed by atoms with Gasteiger partial charge in [-0.1, -0.05) is 0 Å². The molecule has 0 unspecified atom stereocenters. The fourth-order valence-electron chi connectivity index (χ4n) is 1.46. The molecule has 0 aliphatic heterocycles. The van der Waals surface area contributed by atoms with Crippen molar-refractivity contribution in [1.29, 1.82) is 0 Å². The molecule has 0 N–H and O–H groups in total. The number of rotatable bonds is 4. The first-order valence-corrected chi connectivity index (χ1v) is 16.6. The Kier molecular flexibility index (Phi) is 6.69. The molecule has 0 bridgehead atoms. The molecule has 0 radical (unpaired) electrons. The standard InChI is InChI=1S/2C4H9N.2C3H9OSi.Cr/c2*1-4(2,3)5;2*1-5(2,3)4;/h4*1-3H3;/q;;2*-1;+2. The molecule has 0 aromatic heterocycles. The minimum atomic E-state index is -3.19. The molecule has 0 saturated carbocycles. The SMILES string of the molecule is CC(C)(C)[N]=[Cr](=[N]C(C)(C)C)([O][Si](C)(C)C)[O][Si](C)(C)C. The van der Waals surface area contributed by atoms with Crippen molar-refractivity contribution >= 4 is 16.6 Å². The number of nitrogens with zero attached hydrogens (tertiary/aromatic N) is 2. The van der Waals surface area contributed by atoms with Gasteiger partial charge in [-0.25, -0.2) is 0 Å². The Bertz CT molecular complexity index is 421. The molecule has 0 aromatic rings. The summed E-state index contributed by atoms with van der Waals surface area (Å²) in [5.74, 6) is 0. The Morgan fingerprint density at radius 3 is 1.00 bits per heavy atom. The van der Waals surface area contributed by atoms with Crippen molar-refractivity contribution < 1.29 is 20.3 Å². The van der Waals surface area contributed by atoms with Gasteiger partial charge in [0.15, 0.2) is 0 Å². The summed E-state index contributed by atoms with van der Waals surface area (Å²) in [7, 11) is -3.63. The van der Waals surface area contributed by atoms with E-state index in [9.17, 15) is 0 Å². The number of hydrogen-bond acceptors (Lipinski definition) is 4. The Morgan fingerprint density at radius 2 is 0.857 bits per heavy atom. The van der Waals surface area contributed by atoms with Gasteiger partial charge in [-0.2, -0.15) is 0 Å². The topological polar surface area (TPSA) is 43.2 Å². The van der Waals surface area contributed by atoms with E-state index in [1.165, 1.54) is 0 Å². The van der Waals surface area contributed by atoms with E-state index < -0.39 is 30.0 Å². The van der Waals surface area contributed by atoms with Crippen LogP contribution < -0.4 is 0 Å². The van der Waals surface area contributed by atoms with Gasteiger partial charge in [-0.3, -0.25) is 0 Å². The van der Waals surface area contributed by atoms with E-state index in [2.05, 4.69) is 80.8 Å². The zero-order valence-electron chi connectivity index (χ0n) is 16.1. The quantitative estimate of drug-likeness (QED) is 0.600. The average Bonchev–Trinajstić information content (AvgIpc) is 1.83. The molecule has 0 aliphatic carbocycles. The van der Waals surface area contributed by atoms with E-state index in [0.717, 1.165) is 0 Å². The Hall–Kier alpha value is 0.486. The van der Waals surface area contributed by atoms with Gasteiger partial charge in [-0.05, 0) is 0 Å². The van der Waals surface area contributed by atoms with Crippen molar-refractivity contribution in [1.82, 2.24) is 0 Å². The van der Waals surface area contributed by atoms with Crippen LogP contribution in [-0.4, -0.2) is 27.7 Å². The predicted octanol–water partition coefficient (Wildman–Crippen LogP) is 5.64. The van der Waals surface area contributed by atoms with Gasteiger partial charge in [0, 0.05) is 0 Å². The van der Waals surface area contributed by atoms with Crippen LogP contribution in [0.3, 0.4) is 0 Å². The van der Waals surface area contributed by atoms with Crippen molar-refractivity contribution in [2.24, 2.45) is 7.86 Å². The van der Waals surface area contributed by atoms with Gasteiger partial charge in [-0.15, -0.1) is 0 Å². The molecule has 7 heteroatoms. The van der Waals surface area contributed by atoms with Gasteiger partial charge >= 0.3 is 137 Å². The number of hydrogen-bond donors (Lipinski definition) is 0. The molecule has 4 nitrogen and oxygen atoms in total. The van der Waals surface area contributed by atoms with Crippen LogP contribution in [0.2, 0.25) is 39.3 Å². The maximum absolute atomic E-state index is 6.53. The molecule has 21 heavy (non-hydrogen) atoms. The molecular formula is C14H36CrN2O2Si2. The summed E-state index contributed by atoms with van der Waals surface area (Å²) >= 11 is -3.19. The van der Waals surface area contributed by atoms with Crippen molar-refractivity contribution in [3.8, 4) is 0 Å². The van der Waals surface area contributed by atoms with Crippen molar-refractivity contribution in [2.45, 2.75) is 91.9 Å². The molecule has 0 spiro atoms. The summed E-state index contributed by atoms with van der Waals surface area (Å²) in [6.07, 6.45) is 0. The molecule has 0 aromatic carbocycles. The second-order valence-electron chi connectivity index (χ2n) is 9.36. The van der Waals surface area contributed by atoms with Gasteiger partial charge in [0.1, 0.15) is 0 Å². The first-order valence-electron chi connectivity index (χ1n) is 7.55. The fraction of sp³-hybridized carbons (Fsp3) is 1.00. The van der Waals surface area contributed by atoms with Crippen LogP contribution in [0.15, 0.2) is 7.86 Å². The zero-order chi connectivity index (χ0) is 17.3. The molecule has 0 amide bonds. The molecule has 0 heterocycles. The van der Waals surface area contributed by atoms with E-state index in [1.807, 2.05) is 0 Å². The van der Waals surface area contributed by atoms with Gasteiger partial charge in [0.2, 0.25) is 0 Å². The summed E-state index contributed by atoms with van der Waals surface area (Å²) < 4.78 is 23.1. The summed E-state index contributed by atoms with van der Waals surface area (Å²) in [4.78, 5) is 0. The maximum atomic E-state index is 6.53. The van der Waals surface area contributed by atoms with Crippen LogP contribution in [0.25, 0.3) is 0 Å². The molecule has 128 valence electrons. The molecular weight excluding hydrogens is 336 g/mol. The normalized spacial score (nSPS) is 15.0. The molecule has 0 atom stereocenters. The van der Waals surface area contributed by atoms with E-state index >= 15 is 0 Å². The Balaban J connectivity index is 6.39. The third-order valence-electron chi connectivity index (χ3n) is 1.50. The van der Waals surface area contributed by atoms with Crippen LogP contribution in [0.4, 0.5) is 0 Å². The third kappa shape index (κ3) is 11.7. The van der Waals surface area contributed by atoms with E-state index in [4.69, 9.17) is 14.8 Å². The van der Waals surface area contributed by atoms with Crippen LogP contribution in [0.5, 0.6) is 0 Å². The van der Waals surface area contributed by atoms with Crippen LogP contribution >= 0.6 is 0 Å². The monoisotopic (exact) mass is 372 g/mol. The van der Waals surface area contributed by atoms with E-state index in [1.54, 1.807) is 0 Å². The van der Waals surface area contributed by atoms with Crippen molar-refractivity contribution in [3.63, 3.8) is 0 Å².